The lowest BCUT2D eigenvalue weighted by molar-refractivity contribution is -0.134. The van der Waals surface area contributed by atoms with Crippen molar-refractivity contribution in [3.05, 3.63) is 0 Å². The van der Waals surface area contributed by atoms with E-state index < -0.39 is 0 Å². The lowest BCUT2D eigenvalue weighted by Gasteiger charge is -2.66. The van der Waals surface area contributed by atoms with E-state index >= 15 is 0 Å². The van der Waals surface area contributed by atoms with Gasteiger partial charge in [-0.15, -0.1) is 11.6 Å². The fourth-order valence-electron chi connectivity index (χ4n) is 3.04. The van der Waals surface area contributed by atoms with E-state index in [4.69, 9.17) is 11.6 Å². The van der Waals surface area contributed by atoms with Gasteiger partial charge in [-0.1, -0.05) is 20.8 Å². The molecule has 0 aromatic rings. The van der Waals surface area contributed by atoms with Crippen molar-refractivity contribution in [3.63, 3.8) is 0 Å². The maximum absolute atomic E-state index is 9.69. The molecule has 0 amide bonds. The van der Waals surface area contributed by atoms with Crippen LogP contribution >= 0.6 is 11.6 Å². The zero-order valence-corrected chi connectivity index (χ0v) is 8.73. The van der Waals surface area contributed by atoms with Crippen molar-refractivity contribution in [3.8, 4) is 0 Å². The van der Waals surface area contributed by atoms with Crippen LogP contribution in [-0.2, 0) is 0 Å². The molecule has 0 saturated heterocycles. The van der Waals surface area contributed by atoms with Gasteiger partial charge in [0, 0.05) is 5.92 Å². The molecule has 3 fully saturated rings. The summed E-state index contributed by atoms with van der Waals surface area (Å²) in [6.07, 6.45) is 1.87. The maximum atomic E-state index is 9.69. The van der Waals surface area contributed by atoms with Gasteiger partial charge in [0.1, 0.15) is 0 Å². The molecule has 12 heavy (non-hydrogen) atoms. The predicted molar refractivity (Wildman–Crippen MR) is 50.3 cm³/mol. The molecule has 3 aliphatic rings. The SMILES string of the molecule is CC1C(O)CC2CC1(Cl)C2(C)C. The van der Waals surface area contributed by atoms with E-state index in [0.29, 0.717) is 5.92 Å². The van der Waals surface area contributed by atoms with Gasteiger partial charge in [0.2, 0.25) is 0 Å². The second-order valence-electron chi connectivity index (χ2n) is 5.08. The Bertz CT molecular complexity index is 212. The monoisotopic (exact) mass is 188 g/mol. The Labute approximate surface area is 79.1 Å². The van der Waals surface area contributed by atoms with Gasteiger partial charge >= 0.3 is 0 Å². The number of aliphatic hydroxyl groups excluding tert-OH is 1. The standard InChI is InChI=1S/C10H17ClO/c1-6-8(12)4-7-5-10(6,11)9(7,2)3/h6-8,12H,4-5H2,1-3H3. The number of hydrogen-bond donors (Lipinski definition) is 1. The molecule has 3 rings (SSSR count). The fourth-order valence-corrected chi connectivity index (χ4v) is 3.52. The van der Waals surface area contributed by atoms with Crippen LogP contribution in [0.5, 0.6) is 0 Å². The number of fused-ring (bicyclic) bond motifs is 2. The highest BCUT2D eigenvalue weighted by Gasteiger charge is 2.66. The van der Waals surface area contributed by atoms with E-state index in [2.05, 4.69) is 20.8 Å². The van der Waals surface area contributed by atoms with E-state index in [0.717, 1.165) is 12.8 Å². The fraction of sp³-hybridized carbons (Fsp3) is 1.00. The highest BCUT2D eigenvalue weighted by Crippen LogP contribution is 2.67. The lowest BCUT2D eigenvalue weighted by Crippen LogP contribution is -2.67. The normalized spacial score (nSPS) is 56.2. The Hall–Kier alpha value is 0.250. The highest BCUT2D eigenvalue weighted by atomic mass is 35.5. The summed E-state index contributed by atoms with van der Waals surface area (Å²) in [7, 11) is 0. The topological polar surface area (TPSA) is 20.2 Å². The van der Waals surface area contributed by atoms with Gasteiger partial charge in [-0.3, -0.25) is 0 Å². The Morgan fingerprint density at radius 3 is 2.42 bits per heavy atom. The lowest BCUT2D eigenvalue weighted by atomic mass is 9.44. The van der Waals surface area contributed by atoms with E-state index in [1.807, 2.05) is 0 Å². The van der Waals surface area contributed by atoms with Gasteiger partial charge in [-0.2, -0.15) is 0 Å². The smallest absolute Gasteiger partial charge is 0.0585 e. The first-order chi connectivity index (χ1) is 5.39. The average molecular weight is 189 g/mol. The van der Waals surface area contributed by atoms with Crippen molar-refractivity contribution in [1.82, 2.24) is 0 Å². The first-order valence-electron chi connectivity index (χ1n) is 4.76. The largest absolute Gasteiger partial charge is 0.393 e. The predicted octanol–water partition coefficient (Wildman–Crippen LogP) is 2.41. The molecule has 0 spiro atoms. The van der Waals surface area contributed by atoms with Gasteiger partial charge < -0.3 is 5.11 Å². The van der Waals surface area contributed by atoms with Crippen molar-refractivity contribution >= 4 is 11.6 Å². The summed E-state index contributed by atoms with van der Waals surface area (Å²) < 4.78 is 0. The van der Waals surface area contributed by atoms with Crippen LogP contribution in [0.2, 0.25) is 0 Å². The summed E-state index contributed by atoms with van der Waals surface area (Å²) in [5.41, 5.74) is 0.229. The highest BCUT2D eigenvalue weighted by molar-refractivity contribution is 6.25. The number of alkyl halides is 1. The van der Waals surface area contributed by atoms with Crippen molar-refractivity contribution in [2.45, 2.75) is 44.6 Å². The number of aliphatic hydroxyl groups is 1. The quantitative estimate of drug-likeness (QED) is 0.579. The van der Waals surface area contributed by atoms with Crippen LogP contribution in [0.4, 0.5) is 0 Å². The third kappa shape index (κ3) is 0.748. The summed E-state index contributed by atoms with van der Waals surface area (Å²) in [6, 6.07) is 0. The first kappa shape index (κ1) is 8.83. The van der Waals surface area contributed by atoms with Crippen LogP contribution in [0.15, 0.2) is 0 Å². The molecule has 1 nitrogen and oxygen atoms in total. The molecule has 0 aliphatic heterocycles. The van der Waals surface area contributed by atoms with Crippen LogP contribution in [0.1, 0.15) is 33.6 Å². The molecule has 0 heterocycles. The third-order valence-electron chi connectivity index (χ3n) is 4.46. The molecular formula is C10H17ClO. The zero-order chi connectivity index (χ0) is 9.15. The molecule has 3 aliphatic carbocycles. The molecule has 2 heteroatoms. The van der Waals surface area contributed by atoms with Gasteiger partial charge in [-0.25, -0.2) is 0 Å². The number of rotatable bonds is 0. The summed E-state index contributed by atoms with van der Waals surface area (Å²) in [5.74, 6) is 0.889. The second-order valence-corrected chi connectivity index (χ2v) is 5.75. The summed E-state index contributed by atoms with van der Waals surface area (Å²) in [5, 5.41) is 9.69. The molecule has 2 bridgehead atoms. The van der Waals surface area contributed by atoms with Crippen LogP contribution < -0.4 is 0 Å². The van der Waals surface area contributed by atoms with Crippen LogP contribution in [-0.4, -0.2) is 16.1 Å². The van der Waals surface area contributed by atoms with Gasteiger partial charge in [0.15, 0.2) is 0 Å². The molecule has 4 unspecified atom stereocenters. The van der Waals surface area contributed by atoms with E-state index in [1.165, 1.54) is 0 Å². The van der Waals surface area contributed by atoms with Crippen molar-refractivity contribution in [1.29, 1.82) is 0 Å². The Morgan fingerprint density at radius 1 is 1.42 bits per heavy atom. The van der Waals surface area contributed by atoms with E-state index in [1.54, 1.807) is 0 Å². The summed E-state index contributed by atoms with van der Waals surface area (Å²) >= 11 is 6.52. The van der Waals surface area contributed by atoms with E-state index in [-0.39, 0.29) is 22.3 Å². The minimum atomic E-state index is -0.172. The minimum absolute atomic E-state index is 0.130. The molecular weight excluding hydrogens is 172 g/mol. The van der Waals surface area contributed by atoms with Gasteiger partial charge in [-0.05, 0) is 24.2 Å². The molecule has 4 atom stereocenters. The molecule has 1 N–H and O–H groups in total. The van der Waals surface area contributed by atoms with Crippen LogP contribution in [0, 0.1) is 17.3 Å². The van der Waals surface area contributed by atoms with Crippen molar-refractivity contribution < 1.29 is 5.11 Å². The van der Waals surface area contributed by atoms with E-state index in [9.17, 15) is 5.11 Å². The molecule has 0 aromatic heterocycles. The Balaban J connectivity index is 2.30. The molecule has 3 saturated carbocycles. The molecule has 70 valence electrons. The van der Waals surface area contributed by atoms with Crippen molar-refractivity contribution in [2.75, 3.05) is 0 Å². The minimum Gasteiger partial charge on any atom is -0.393 e. The van der Waals surface area contributed by atoms with Crippen LogP contribution in [0.3, 0.4) is 0 Å². The van der Waals surface area contributed by atoms with Gasteiger partial charge in [0.25, 0.3) is 0 Å². The first-order valence-corrected chi connectivity index (χ1v) is 5.14. The summed E-state index contributed by atoms with van der Waals surface area (Å²) in [4.78, 5) is -0.130. The average Bonchev–Trinajstić information content (AvgIpc) is 1.99. The summed E-state index contributed by atoms with van der Waals surface area (Å²) in [6.45, 7) is 6.54. The van der Waals surface area contributed by atoms with Gasteiger partial charge in [0.05, 0.1) is 11.0 Å². The maximum Gasteiger partial charge on any atom is 0.0585 e. The van der Waals surface area contributed by atoms with Crippen LogP contribution in [0.25, 0.3) is 0 Å². The zero-order valence-electron chi connectivity index (χ0n) is 7.97. The number of halogens is 1. The molecule has 0 aromatic carbocycles. The number of hydrogen-bond acceptors (Lipinski definition) is 1. The Kier molecular flexibility index (Phi) is 1.61. The third-order valence-corrected chi connectivity index (χ3v) is 5.45. The molecule has 0 radical (unpaired) electrons. The Morgan fingerprint density at radius 2 is 2.00 bits per heavy atom. The van der Waals surface area contributed by atoms with Crippen molar-refractivity contribution in [2.24, 2.45) is 17.3 Å². The second kappa shape index (κ2) is 2.19.